The summed E-state index contributed by atoms with van der Waals surface area (Å²) in [5.41, 5.74) is 8.89. The van der Waals surface area contributed by atoms with Gasteiger partial charge in [-0.05, 0) is 15.9 Å². The van der Waals surface area contributed by atoms with E-state index in [9.17, 15) is 9.90 Å². The van der Waals surface area contributed by atoms with Crippen molar-refractivity contribution >= 4 is 17.9 Å². The van der Waals surface area contributed by atoms with E-state index in [1.165, 1.54) is 17.0 Å². The lowest BCUT2D eigenvalue weighted by Gasteiger charge is -2.09. The van der Waals surface area contributed by atoms with Gasteiger partial charge in [0.15, 0.2) is 5.69 Å². The van der Waals surface area contributed by atoms with Crippen molar-refractivity contribution in [1.82, 2.24) is 30.7 Å². The van der Waals surface area contributed by atoms with Gasteiger partial charge in [0.25, 0.3) is 5.91 Å². The molecule has 0 atom stereocenters. The Hall–Kier alpha value is -3.80. The first-order valence-corrected chi connectivity index (χ1v) is 7.89. The van der Waals surface area contributed by atoms with Gasteiger partial charge in [-0.1, -0.05) is 35.2 Å². The Balaban J connectivity index is 1.85. The molecule has 0 radical (unpaired) electrons. The first kappa shape index (κ1) is 18.0. The predicted molar refractivity (Wildman–Crippen MR) is 91.1 cm³/mol. The standard InChI is InChI=1S/C15H17N9O3/c1-23(2)8-10-12(18-22-24(10)14-13(16)20-27-21-14)15(26)19-17-7-9-5-3-4-6-11(9)25/h3-7,25H,8H2,1-2H3,(H2,16,20)(H,19,26)/b17-7+. The van der Waals surface area contributed by atoms with Gasteiger partial charge in [-0.25, -0.2) is 10.1 Å². The number of nitrogen functional groups attached to an aromatic ring is 1. The van der Waals surface area contributed by atoms with Gasteiger partial charge in [-0.15, -0.1) is 5.10 Å². The smallest absolute Gasteiger partial charge is 0.294 e. The Morgan fingerprint density at radius 3 is 2.85 bits per heavy atom. The zero-order valence-corrected chi connectivity index (χ0v) is 14.6. The molecule has 3 aromatic rings. The molecular weight excluding hydrogens is 354 g/mol. The number of rotatable bonds is 6. The number of carbonyl (C=O) groups excluding carboxylic acids is 1. The Morgan fingerprint density at radius 1 is 1.41 bits per heavy atom. The number of aromatic nitrogens is 5. The second-order valence-electron chi connectivity index (χ2n) is 5.89. The van der Waals surface area contributed by atoms with Crippen LogP contribution in [-0.4, -0.2) is 51.5 Å². The van der Waals surface area contributed by atoms with Crippen molar-refractivity contribution in [1.29, 1.82) is 0 Å². The predicted octanol–water partition coefficient (Wildman–Crippen LogP) is -2.29. The molecule has 0 unspecified atom stereocenters. The third-order valence-corrected chi connectivity index (χ3v) is 3.48. The minimum atomic E-state index is -0.591. The van der Waals surface area contributed by atoms with E-state index in [1.807, 2.05) is 14.1 Å². The molecule has 12 nitrogen and oxygen atoms in total. The van der Waals surface area contributed by atoms with Gasteiger partial charge in [0.05, 0.1) is 20.3 Å². The molecule has 0 aliphatic heterocycles. The Labute approximate surface area is 153 Å². The molecule has 0 saturated heterocycles. The van der Waals surface area contributed by atoms with Crippen molar-refractivity contribution in [3.8, 4) is 11.6 Å². The first-order chi connectivity index (χ1) is 13.0. The summed E-state index contributed by atoms with van der Waals surface area (Å²) in [6.07, 6.45) is 1.26. The first-order valence-electron chi connectivity index (χ1n) is 7.89. The quantitative estimate of drug-likeness (QED) is 0.322. The van der Waals surface area contributed by atoms with Crippen LogP contribution >= 0.6 is 0 Å². The average Bonchev–Trinajstić information content (AvgIpc) is 3.22. The molecular formula is C15H17N9O3. The normalized spacial score (nSPS) is 11.4. The number of benzene rings is 1. The van der Waals surface area contributed by atoms with Crippen LogP contribution in [0.2, 0.25) is 0 Å². The number of hydrogen-bond donors (Lipinski definition) is 3. The summed E-state index contributed by atoms with van der Waals surface area (Å²) in [7, 11) is 3.79. The highest BCUT2D eigenvalue weighted by Crippen LogP contribution is 2.15. The molecule has 1 aromatic carbocycles. The molecule has 2 heterocycles. The largest absolute Gasteiger partial charge is 0.872 e. The molecule has 3 rings (SSSR count). The fourth-order valence-electron chi connectivity index (χ4n) is 2.28. The third-order valence-electron chi connectivity index (χ3n) is 3.48. The van der Waals surface area contributed by atoms with Crippen molar-refractivity contribution in [2.24, 2.45) is 5.10 Å². The number of nitrogens with one attached hydrogen (secondary N) is 2. The molecule has 4 N–H and O–H groups in total. The second-order valence-corrected chi connectivity index (χ2v) is 5.89. The van der Waals surface area contributed by atoms with Crippen molar-refractivity contribution < 1.29 is 19.4 Å². The van der Waals surface area contributed by atoms with E-state index in [0.29, 0.717) is 17.8 Å². The number of hydrazone groups is 1. The van der Waals surface area contributed by atoms with Crippen molar-refractivity contribution in [2.75, 3.05) is 19.8 Å². The molecule has 0 spiro atoms. The SMILES string of the molecule is C[NH+](C)Cc1c(C(=O)N/N=C/c2ccccc2[O-])nnn1-c1nonc1N. The topological polar surface area (TPSA) is 165 Å². The number of anilines is 1. The van der Waals surface area contributed by atoms with E-state index in [-0.39, 0.29) is 23.1 Å². The van der Waals surface area contributed by atoms with Gasteiger partial charge < -0.3 is 15.7 Å². The van der Waals surface area contributed by atoms with Crippen LogP contribution < -0.4 is 21.2 Å². The van der Waals surface area contributed by atoms with Crippen LogP contribution in [0.4, 0.5) is 5.82 Å². The summed E-state index contributed by atoms with van der Waals surface area (Å²) >= 11 is 0. The van der Waals surface area contributed by atoms with E-state index in [2.05, 4.69) is 35.8 Å². The molecule has 0 aliphatic carbocycles. The van der Waals surface area contributed by atoms with Crippen LogP contribution in [0, 0.1) is 0 Å². The highest BCUT2D eigenvalue weighted by molar-refractivity contribution is 5.94. The van der Waals surface area contributed by atoms with Crippen LogP contribution in [0.3, 0.4) is 0 Å². The minimum Gasteiger partial charge on any atom is -0.872 e. The van der Waals surface area contributed by atoms with E-state index in [4.69, 9.17) is 5.73 Å². The van der Waals surface area contributed by atoms with Gasteiger partial charge in [0.2, 0.25) is 11.6 Å². The summed E-state index contributed by atoms with van der Waals surface area (Å²) in [5.74, 6) is -0.631. The second kappa shape index (κ2) is 7.61. The van der Waals surface area contributed by atoms with Gasteiger partial charge in [-0.3, -0.25) is 4.79 Å². The minimum absolute atomic E-state index is 0.0203. The molecule has 27 heavy (non-hydrogen) atoms. The Morgan fingerprint density at radius 2 is 2.19 bits per heavy atom. The summed E-state index contributed by atoms with van der Waals surface area (Å²) in [4.78, 5) is 13.5. The van der Waals surface area contributed by atoms with Crippen LogP contribution in [-0.2, 0) is 6.54 Å². The monoisotopic (exact) mass is 371 g/mol. The number of amides is 1. The summed E-state index contributed by atoms with van der Waals surface area (Å²) < 4.78 is 5.88. The number of para-hydroxylation sites is 1. The zero-order chi connectivity index (χ0) is 19.4. The molecule has 0 saturated carbocycles. The van der Waals surface area contributed by atoms with Crippen molar-refractivity contribution in [3.63, 3.8) is 0 Å². The number of carbonyl (C=O) groups is 1. The number of nitrogens with two attached hydrogens (primary N) is 1. The molecule has 0 aliphatic rings. The highest BCUT2D eigenvalue weighted by atomic mass is 16.6. The van der Waals surface area contributed by atoms with E-state index >= 15 is 0 Å². The lowest BCUT2D eigenvalue weighted by atomic mass is 10.2. The fourth-order valence-corrected chi connectivity index (χ4v) is 2.28. The molecule has 1 amide bonds. The maximum Gasteiger partial charge on any atom is 0.294 e. The van der Waals surface area contributed by atoms with Crippen LogP contribution in [0.25, 0.3) is 5.82 Å². The highest BCUT2D eigenvalue weighted by Gasteiger charge is 2.25. The Bertz CT molecular complexity index is 977. The number of nitrogens with zero attached hydrogens (tertiary/aromatic N) is 6. The zero-order valence-electron chi connectivity index (χ0n) is 14.6. The Kier molecular flexibility index (Phi) is 5.08. The molecule has 2 aromatic heterocycles. The maximum atomic E-state index is 12.5. The van der Waals surface area contributed by atoms with Gasteiger partial charge in [0.1, 0.15) is 12.2 Å². The summed E-state index contributed by atoms with van der Waals surface area (Å²) in [6, 6.07) is 6.32. The third kappa shape index (κ3) is 3.90. The molecule has 140 valence electrons. The van der Waals surface area contributed by atoms with Crippen LogP contribution in [0.5, 0.6) is 5.75 Å². The van der Waals surface area contributed by atoms with Gasteiger partial charge in [0, 0.05) is 0 Å². The molecule has 0 bridgehead atoms. The van der Waals surface area contributed by atoms with E-state index < -0.39 is 5.91 Å². The number of quaternary nitrogens is 1. The van der Waals surface area contributed by atoms with Crippen LogP contribution in [0.1, 0.15) is 21.7 Å². The molecule has 0 fully saturated rings. The summed E-state index contributed by atoms with van der Waals surface area (Å²) in [6.45, 7) is 0.398. The maximum absolute atomic E-state index is 12.5. The average molecular weight is 371 g/mol. The van der Waals surface area contributed by atoms with E-state index in [0.717, 1.165) is 4.90 Å². The lowest BCUT2D eigenvalue weighted by Crippen LogP contribution is -3.04. The van der Waals surface area contributed by atoms with Crippen molar-refractivity contribution in [2.45, 2.75) is 6.54 Å². The molecule has 12 heteroatoms. The van der Waals surface area contributed by atoms with Gasteiger partial charge in [-0.2, -0.15) is 9.78 Å². The summed E-state index contributed by atoms with van der Waals surface area (Å²) in [5, 5.41) is 30.5. The lowest BCUT2D eigenvalue weighted by molar-refractivity contribution is -0.873. The van der Waals surface area contributed by atoms with Crippen LogP contribution in [0.15, 0.2) is 34.0 Å². The van der Waals surface area contributed by atoms with E-state index in [1.54, 1.807) is 18.2 Å². The fraction of sp³-hybridized carbons (Fsp3) is 0.200. The van der Waals surface area contributed by atoms with Gasteiger partial charge >= 0.3 is 0 Å². The number of hydrogen-bond acceptors (Lipinski definition) is 9. The van der Waals surface area contributed by atoms with Crippen molar-refractivity contribution in [3.05, 3.63) is 41.2 Å².